The second-order valence-corrected chi connectivity index (χ2v) is 9.02. The highest BCUT2D eigenvalue weighted by Crippen LogP contribution is 2.26. The number of benzene rings is 1. The van der Waals surface area contributed by atoms with Crippen molar-refractivity contribution in [1.82, 2.24) is 25.4 Å². The summed E-state index contributed by atoms with van der Waals surface area (Å²) in [5, 5.41) is 14.3. The molecule has 8 nitrogen and oxygen atoms in total. The average molecular weight is 420 g/mol. The zero-order valence-electron chi connectivity index (χ0n) is 17.8. The summed E-state index contributed by atoms with van der Waals surface area (Å²) in [7, 11) is 1.62. The number of aromatic nitrogens is 3. The molecule has 3 amide bonds. The molecule has 0 spiro atoms. The van der Waals surface area contributed by atoms with Crippen LogP contribution in [0.4, 0.5) is 4.79 Å². The Kier molecular flexibility index (Phi) is 7.66. The van der Waals surface area contributed by atoms with E-state index in [-0.39, 0.29) is 11.7 Å². The van der Waals surface area contributed by atoms with Crippen molar-refractivity contribution in [1.29, 1.82) is 0 Å². The number of imide groups is 1. The lowest BCUT2D eigenvalue weighted by atomic mass is 10.1. The number of urea groups is 1. The SMILES string of the molecule is COc1ccc(-c2nnc(SCC(=O)NC(=O)NC(C)(C)C)n2CC(C)C)cc1. The summed E-state index contributed by atoms with van der Waals surface area (Å²) >= 11 is 1.25. The number of hydrogen-bond acceptors (Lipinski definition) is 6. The number of ether oxygens (including phenoxy) is 1. The first-order valence-electron chi connectivity index (χ1n) is 9.41. The Morgan fingerprint density at radius 3 is 2.38 bits per heavy atom. The Balaban J connectivity index is 2.11. The Morgan fingerprint density at radius 2 is 1.83 bits per heavy atom. The van der Waals surface area contributed by atoms with Gasteiger partial charge < -0.3 is 14.6 Å². The summed E-state index contributed by atoms with van der Waals surface area (Å²) < 4.78 is 7.21. The molecule has 2 aromatic rings. The maximum absolute atomic E-state index is 12.1. The van der Waals surface area contributed by atoms with E-state index in [1.165, 1.54) is 11.8 Å². The lowest BCUT2D eigenvalue weighted by Crippen LogP contribution is -2.48. The van der Waals surface area contributed by atoms with Crippen LogP contribution in [0.15, 0.2) is 29.4 Å². The van der Waals surface area contributed by atoms with Crippen LogP contribution < -0.4 is 15.4 Å². The number of thioether (sulfide) groups is 1. The Bertz CT molecular complexity index is 841. The van der Waals surface area contributed by atoms with Crippen LogP contribution in [0.3, 0.4) is 0 Å². The molecular formula is C20H29N5O3S. The van der Waals surface area contributed by atoms with E-state index in [0.29, 0.717) is 17.6 Å². The molecule has 0 fully saturated rings. The molecule has 158 valence electrons. The largest absolute Gasteiger partial charge is 0.497 e. The molecule has 29 heavy (non-hydrogen) atoms. The molecule has 0 aliphatic rings. The monoisotopic (exact) mass is 419 g/mol. The van der Waals surface area contributed by atoms with Crippen molar-refractivity contribution < 1.29 is 14.3 Å². The van der Waals surface area contributed by atoms with Gasteiger partial charge in [0, 0.05) is 17.6 Å². The minimum atomic E-state index is -0.509. The van der Waals surface area contributed by atoms with Crippen molar-refractivity contribution in [3.63, 3.8) is 0 Å². The minimum absolute atomic E-state index is 0.0659. The van der Waals surface area contributed by atoms with E-state index in [1.54, 1.807) is 7.11 Å². The third kappa shape index (κ3) is 7.08. The molecule has 0 aliphatic heterocycles. The highest BCUT2D eigenvalue weighted by Gasteiger charge is 2.19. The molecule has 2 N–H and O–H groups in total. The maximum atomic E-state index is 12.1. The number of hydrogen-bond donors (Lipinski definition) is 2. The first-order chi connectivity index (χ1) is 13.6. The molecule has 2 rings (SSSR count). The van der Waals surface area contributed by atoms with E-state index in [9.17, 15) is 9.59 Å². The van der Waals surface area contributed by atoms with Gasteiger partial charge in [-0.25, -0.2) is 4.79 Å². The van der Waals surface area contributed by atoms with Crippen molar-refractivity contribution in [2.24, 2.45) is 5.92 Å². The van der Waals surface area contributed by atoms with Crippen molar-refractivity contribution in [3.05, 3.63) is 24.3 Å². The van der Waals surface area contributed by atoms with Crippen molar-refractivity contribution >= 4 is 23.7 Å². The molecule has 0 saturated heterocycles. The standard InChI is InChI=1S/C20H29N5O3S/c1-13(2)11-25-17(14-7-9-15(28-6)10-8-14)23-24-19(25)29-12-16(26)21-18(27)22-20(3,4)5/h7-10,13H,11-12H2,1-6H3,(H2,21,22,26,27). The van der Waals surface area contributed by atoms with Gasteiger partial charge in [0.25, 0.3) is 0 Å². The first-order valence-corrected chi connectivity index (χ1v) is 10.4. The molecule has 0 bridgehead atoms. The van der Waals surface area contributed by atoms with E-state index >= 15 is 0 Å². The topological polar surface area (TPSA) is 98.1 Å². The smallest absolute Gasteiger partial charge is 0.321 e. The lowest BCUT2D eigenvalue weighted by Gasteiger charge is -2.20. The third-order valence-electron chi connectivity index (χ3n) is 3.69. The molecule has 0 aliphatic carbocycles. The van der Waals surface area contributed by atoms with E-state index in [1.807, 2.05) is 49.6 Å². The predicted octanol–water partition coefficient (Wildman–Crippen LogP) is 3.33. The van der Waals surface area contributed by atoms with Crippen molar-refractivity contribution in [2.45, 2.75) is 51.9 Å². The van der Waals surface area contributed by atoms with Gasteiger partial charge in [-0.15, -0.1) is 10.2 Å². The first kappa shape index (κ1) is 22.7. The second-order valence-electron chi connectivity index (χ2n) is 8.08. The zero-order chi connectivity index (χ0) is 21.6. The number of amides is 3. The fraction of sp³-hybridized carbons (Fsp3) is 0.500. The van der Waals surface area contributed by atoms with Gasteiger partial charge in [0.1, 0.15) is 5.75 Å². The highest BCUT2D eigenvalue weighted by atomic mass is 32.2. The number of methoxy groups -OCH3 is 1. The molecule has 1 aromatic carbocycles. The van der Waals surface area contributed by atoms with Crippen LogP contribution in [0.1, 0.15) is 34.6 Å². The van der Waals surface area contributed by atoms with Gasteiger partial charge in [0.15, 0.2) is 11.0 Å². The Hall–Kier alpha value is -2.55. The van der Waals surface area contributed by atoms with Crippen LogP contribution in [0.25, 0.3) is 11.4 Å². The fourth-order valence-electron chi connectivity index (χ4n) is 2.54. The molecule has 9 heteroatoms. The summed E-state index contributed by atoms with van der Waals surface area (Å²) in [6.07, 6.45) is 0. The highest BCUT2D eigenvalue weighted by molar-refractivity contribution is 7.99. The molecule has 0 saturated carbocycles. The van der Waals surface area contributed by atoms with Crippen LogP contribution in [-0.2, 0) is 11.3 Å². The molecule has 0 radical (unpaired) electrons. The second kappa shape index (κ2) is 9.78. The average Bonchev–Trinajstić information content (AvgIpc) is 3.00. The normalized spacial score (nSPS) is 11.4. The van der Waals surface area contributed by atoms with E-state index in [4.69, 9.17) is 4.74 Å². The van der Waals surface area contributed by atoms with Crippen molar-refractivity contribution in [3.8, 4) is 17.1 Å². The molecule has 1 heterocycles. The third-order valence-corrected chi connectivity index (χ3v) is 4.65. The number of rotatable bonds is 7. The van der Waals surface area contributed by atoms with E-state index in [2.05, 4.69) is 34.7 Å². The van der Waals surface area contributed by atoms with Crippen LogP contribution >= 0.6 is 11.8 Å². The number of nitrogens with one attached hydrogen (secondary N) is 2. The van der Waals surface area contributed by atoms with Gasteiger partial charge in [-0.05, 0) is 51.0 Å². The number of carbonyl (C=O) groups is 2. The number of carbonyl (C=O) groups excluding carboxylic acids is 2. The zero-order valence-corrected chi connectivity index (χ0v) is 18.6. The minimum Gasteiger partial charge on any atom is -0.497 e. The fourth-order valence-corrected chi connectivity index (χ4v) is 3.29. The van der Waals surface area contributed by atoms with Gasteiger partial charge in [-0.3, -0.25) is 10.1 Å². The summed E-state index contributed by atoms with van der Waals surface area (Å²) in [5.41, 5.74) is 0.502. The summed E-state index contributed by atoms with van der Waals surface area (Å²) in [6.45, 7) is 10.5. The van der Waals surface area contributed by atoms with Crippen LogP contribution in [0, 0.1) is 5.92 Å². The van der Waals surface area contributed by atoms with Crippen LogP contribution in [0.2, 0.25) is 0 Å². The van der Waals surface area contributed by atoms with E-state index in [0.717, 1.165) is 17.1 Å². The summed E-state index contributed by atoms with van der Waals surface area (Å²) in [5.74, 6) is 1.55. The van der Waals surface area contributed by atoms with Gasteiger partial charge in [0.2, 0.25) is 5.91 Å². The Morgan fingerprint density at radius 1 is 1.17 bits per heavy atom. The Labute approximate surface area is 175 Å². The molecule has 1 aromatic heterocycles. The van der Waals surface area contributed by atoms with Gasteiger partial charge in [0.05, 0.1) is 12.9 Å². The van der Waals surface area contributed by atoms with Crippen LogP contribution in [-0.4, -0.2) is 45.1 Å². The van der Waals surface area contributed by atoms with Gasteiger partial charge in [-0.1, -0.05) is 25.6 Å². The van der Waals surface area contributed by atoms with Crippen molar-refractivity contribution in [2.75, 3.05) is 12.9 Å². The molecule has 0 unspecified atom stereocenters. The van der Waals surface area contributed by atoms with Crippen LogP contribution in [0.5, 0.6) is 5.75 Å². The summed E-state index contributed by atoms with van der Waals surface area (Å²) in [4.78, 5) is 24.0. The lowest BCUT2D eigenvalue weighted by molar-refractivity contribution is -0.117. The quantitative estimate of drug-likeness (QED) is 0.668. The maximum Gasteiger partial charge on any atom is 0.321 e. The van der Waals surface area contributed by atoms with E-state index < -0.39 is 11.6 Å². The molecular weight excluding hydrogens is 390 g/mol. The van der Waals surface area contributed by atoms with Gasteiger partial charge >= 0.3 is 6.03 Å². The predicted molar refractivity (Wildman–Crippen MR) is 114 cm³/mol. The summed E-state index contributed by atoms with van der Waals surface area (Å²) in [6, 6.07) is 7.09. The number of nitrogens with zero attached hydrogens (tertiary/aromatic N) is 3. The van der Waals surface area contributed by atoms with Gasteiger partial charge in [-0.2, -0.15) is 0 Å². The molecule has 0 atom stereocenters.